The van der Waals surface area contributed by atoms with Crippen molar-refractivity contribution >= 4 is 6.09 Å². The van der Waals surface area contributed by atoms with E-state index in [-0.39, 0.29) is 18.0 Å². The highest BCUT2D eigenvalue weighted by atomic mass is 19.1. The van der Waals surface area contributed by atoms with Crippen molar-refractivity contribution in [1.29, 1.82) is 0 Å². The predicted octanol–water partition coefficient (Wildman–Crippen LogP) is 6.01. The molecule has 5 heteroatoms. The summed E-state index contributed by atoms with van der Waals surface area (Å²) in [7, 11) is 0. The van der Waals surface area contributed by atoms with Crippen molar-refractivity contribution in [3.05, 3.63) is 89.5 Å². The Hall–Kier alpha value is -3.21. The van der Waals surface area contributed by atoms with E-state index in [1.54, 1.807) is 17.0 Å². The zero-order chi connectivity index (χ0) is 21.3. The molecule has 2 atom stereocenters. The highest BCUT2D eigenvalue weighted by Gasteiger charge is 2.40. The van der Waals surface area contributed by atoms with Crippen molar-refractivity contribution in [2.75, 3.05) is 6.54 Å². The Balaban J connectivity index is 1.48. The summed E-state index contributed by atoms with van der Waals surface area (Å²) in [5.74, 6) is -0.301. The van der Waals surface area contributed by atoms with Gasteiger partial charge in [-0.25, -0.2) is 9.18 Å². The molecule has 0 bridgehead atoms. The van der Waals surface area contributed by atoms with Crippen molar-refractivity contribution in [2.24, 2.45) is 0 Å². The number of amides is 1. The fourth-order valence-electron chi connectivity index (χ4n) is 3.94. The van der Waals surface area contributed by atoms with Gasteiger partial charge in [0.25, 0.3) is 0 Å². The van der Waals surface area contributed by atoms with Gasteiger partial charge in [0, 0.05) is 24.9 Å². The lowest BCUT2D eigenvalue weighted by atomic mass is 9.90. The number of aryl methyl sites for hydroxylation is 1. The van der Waals surface area contributed by atoms with E-state index in [1.165, 1.54) is 12.1 Å². The maximum absolute atomic E-state index is 13.2. The highest BCUT2D eigenvalue weighted by Crippen LogP contribution is 2.37. The molecule has 2 heterocycles. The topological polar surface area (TPSA) is 42.4 Å². The Morgan fingerprint density at radius 2 is 1.77 bits per heavy atom. The summed E-state index contributed by atoms with van der Waals surface area (Å²) in [5.41, 5.74) is 4.32. The van der Waals surface area contributed by atoms with E-state index >= 15 is 0 Å². The Labute approximate surface area is 176 Å². The molecule has 3 aromatic rings. The van der Waals surface area contributed by atoms with Crippen LogP contribution in [-0.4, -0.2) is 22.5 Å². The van der Waals surface area contributed by atoms with E-state index in [0.29, 0.717) is 13.0 Å². The van der Waals surface area contributed by atoms with Crippen molar-refractivity contribution in [3.63, 3.8) is 0 Å². The predicted molar refractivity (Wildman–Crippen MR) is 114 cm³/mol. The van der Waals surface area contributed by atoms with Gasteiger partial charge in [-0.3, -0.25) is 4.98 Å². The van der Waals surface area contributed by atoms with Crippen molar-refractivity contribution in [2.45, 2.75) is 38.8 Å². The molecule has 1 fully saturated rings. The molecule has 1 aromatic heterocycles. The molecule has 1 aliphatic heterocycles. The lowest BCUT2D eigenvalue weighted by molar-refractivity contribution is -0.0491. The SMILES string of the molecule is Cc1cc(-c2ccc([C@H](C)N3CC[C@@](C)(c4ccc(F)cc4)OC3=O)cc2)ccn1. The minimum absolute atomic E-state index is 0.108. The summed E-state index contributed by atoms with van der Waals surface area (Å²) >= 11 is 0. The van der Waals surface area contributed by atoms with Gasteiger partial charge in [0.1, 0.15) is 11.4 Å². The molecule has 1 saturated heterocycles. The number of carbonyl (C=O) groups excluding carboxylic acids is 1. The van der Waals surface area contributed by atoms with Crippen LogP contribution in [0.1, 0.15) is 43.1 Å². The van der Waals surface area contributed by atoms with Gasteiger partial charge in [0.2, 0.25) is 0 Å². The van der Waals surface area contributed by atoms with Gasteiger partial charge in [-0.15, -0.1) is 0 Å². The van der Waals surface area contributed by atoms with Gasteiger partial charge >= 0.3 is 6.09 Å². The minimum Gasteiger partial charge on any atom is -0.438 e. The average Bonchev–Trinajstić information content (AvgIpc) is 2.74. The molecule has 2 aromatic carbocycles. The summed E-state index contributed by atoms with van der Waals surface area (Å²) in [6.07, 6.45) is 2.10. The summed E-state index contributed by atoms with van der Waals surface area (Å²) in [5, 5.41) is 0. The van der Waals surface area contributed by atoms with Gasteiger partial charge in [0.15, 0.2) is 0 Å². The summed E-state index contributed by atoms with van der Waals surface area (Å²) < 4.78 is 19.1. The van der Waals surface area contributed by atoms with Crippen LogP contribution in [0.5, 0.6) is 0 Å². The summed E-state index contributed by atoms with van der Waals surface area (Å²) in [6.45, 7) is 6.43. The second kappa shape index (κ2) is 7.90. The number of pyridine rings is 1. The number of halogens is 1. The number of benzene rings is 2. The van der Waals surface area contributed by atoms with E-state index in [0.717, 1.165) is 27.9 Å². The largest absolute Gasteiger partial charge is 0.438 e. The van der Waals surface area contributed by atoms with Gasteiger partial charge < -0.3 is 9.64 Å². The van der Waals surface area contributed by atoms with Crippen molar-refractivity contribution in [1.82, 2.24) is 9.88 Å². The highest BCUT2D eigenvalue weighted by molar-refractivity contribution is 5.70. The van der Waals surface area contributed by atoms with Crippen molar-refractivity contribution < 1.29 is 13.9 Å². The first kappa shape index (κ1) is 20.1. The molecule has 0 N–H and O–H groups in total. The van der Waals surface area contributed by atoms with Crippen LogP contribution in [0.15, 0.2) is 66.9 Å². The number of hydrogen-bond donors (Lipinski definition) is 0. The van der Waals surface area contributed by atoms with Crippen LogP contribution in [0.25, 0.3) is 11.1 Å². The molecule has 30 heavy (non-hydrogen) atoms. The van der Waals surface area contributed by atoms with Crippen LogP contribution < -0.4 is 0 Å². The van der Waals surface area contributed by atoms with E-state index < -0.39 is 5.60 Å². The van der Waals surface area contributed by atoms with E-state index in [2.05, 4.69) is 35.3 Å². The smallest absolute Gasteiger partial charge is 0.411 e. The van der Waals surface area contributed by atoms with Crippen LogP contribution in [0.2, 0.25) is 0 Å². The number of cyclic esters (lactones) is 1. The first-order chi connectivity index (χ1) is 14.4. The van der Waals surface area contributed by atoms with Gasteiger partial charge in [-0.2, -0.15) is 0 Å². The van der Waals surface area contributed by atoms with Crippen LogP contribution >= 0.6 is 0 Å². The standard InChI is InChI=1S/C25H25FN2O2/c1-17-16-21(12-14-27-17)20-6-4-19(5-7-20)18(2)28-15-13-25(3,30-24(28)29)22-8-10-23(26)11-9-22/h4-12,14,16,18H,13,15H2,1-3H3/t18-,25-/m0/s1. The normalized spacial score (nSPS) is 20.0. The molecule has 154 valence electrons. The molecule has 4 nitrogen and oxygen atoms in total. The molecule has 0 radical (unpaired) electrons. The maximum Gasteiger partial charge on any atom is 0.411 e. The van der Waals surface area contributed by atoms with Crippen LogP contribution in [-0.2, 0) is 10.3 Å². The second-order valence-electron chi connectivity index (χ2n) is 8.03. The third-order valence-corrected chi connectivity index (χ3v) is 5.92. The molecule has 0 spiro atoms. The molecule has 0 saturated carbocycles. The summed E-state index contributed by atoms with van der Waals surface area (Å²) in [6, 6.07) is 18.3. The molecular formula is C25H25FN2O2. The van der Waals surface area contributed by atoms with Crippen LogP contribution in [0.3, 0.4) is 0 Å². The molecular weight excluding hydrogens is 379 g/mol. The number of hydrogen-bond acceptors (Lipinski definition) is 3. The van der Waals surface area contributed by atoms with Gasteiger partial charge in [-0.05, 0) is 67.3 Å². The third kappa shape index (κ3) is 3.92. The Bertz CT molecular complexity index is 1050. The zero-order valence-corrected chi connectivity index (χ0v) is 17.4. The monoisotopic (exact) mass is 404 g/mol. The van der Waals surface area contributed by atoms with E-state index in [9.17, 15) is 9.18 Å². The first-order valence-electron chi connectivity index (χ1n) is 10.1. The second-order valence-corrected chi connectivity index (χ2v) is 8.03. The van der Waals surface area contributed by atoms with Crippen LogP contribution in [0, 0.1) is 12.7 Å². The number of rotatable bonds is 4. The number of carbonyl (C=O) groups is 1. The lowest BCUT2D eigenvalue weighted by Gasteiger charge is -2.41. The number of ether oxygens (including phenoxy) is 1. The molecule has 0 aliphatic carbocycles. The lowest BCUT2D eigenvalue weighted by Crippen LogP contribution is -2.47. The number of nitrogens with zero attached hydrogens (tertiary/aromatic N) is 2. The maximum atomic E-state index is 13.2. The average molecular weight is 404 g/mol. The summed E-state index contributed by atoms with van der Waals surface area (Å²) in [4.78, 5) is 18.8. The molecule has 4 rings (SSSR count). The fraction of sp³-hybridized carbons (Fsp3) is 0.280. The minimum atomic E-state index is -0.746. The zero-order valence-electron chi connectivity index (χ0n) is 17.4. The quantitative estimate of drug-likeness (QED) is 0.534. The Kier molecular flexibility index (Phi) is 5.29. The molecule has 1 aliphatic rings. The van der Waals surface area contributed by atoms with Gasteiger partial charge in [-0.1, -0.05) is 36.4 Å². The van der Waals surface area contributed by atoms with Crippen molar-refractivity contribution in [3.8, 4) is 11.1 Å². The van der Waals surface area contributed by atoms with Crippen LogP contribution in [0.4, 0.5) is 9.18 Å². The van der Waals surface area contributed by atoms with E-state index in [4.69, 9.17) is 4.74 Å². The fourth-order valence-corrected chi connectivity index (χ4v) is 3.94. The molecule has 0 unspecified atom stereocenters. The first-order valence-corrected chi connectivity index (χ1v) is 10.1. The van der Waals surface area contributed by atoms with Gasteiger partial charge in [0.05, 0.1) is 6.04 Å². The Morgan fingerprint density at radius 3 is 2.40 bits per heavy atom. The Morgan fingerprint density at radius 1 is 1.07 bits per heavy atom. The van der Waals surface area contributed by atoms with E-state index in [1.807, 2.05) is 33.0 Å². The molecule has 1 amide bonds. The third-order valence-electron chi connectivity index (χ3n) is 5.92. The number of aromatic nitrogens is 1.